The number of hydrogen-bond acceptors (Lipinski definition) is 4. The highest BCUT2D eigenvalue weighted by Gasteiger charge is 2.72. The van der Waals surface area contributed by atoms with Crippen molar-refractivity contribution in [1.82, 2.24) is 5.32 Å². The molecule has 5 saturated carbocycles. The molecule has 6 heteroatoms. The number of amides is 2. The number of primary amides is 1. The SMILES string of the molecule is C=C(C)C1CCC2(C(=O)OC)CC[C@]3(C)C(CCC4[C@@]5(C)CC(=CNC(N)=O)C(=O)C(C)(C)C5CC[C@]43C)C12. The van der Waals surface area contributed by atoms with Crippen molar-refractivity contribution in [3.05, 3.63) is 23.9 Å². The van der Waals surface area contributed by atoms with E-state index in [0.29, 0.717) is 29.7 Å². The molecule has 0 radical (unpaired) electrons. The second-order valence-electron chi connectivity index (χ2n) is 15.2. The first-order chi connectivity index (χ1) is 18.1. The van der Waals surface area contributed by atoms with E-state index >= 15 is 0 Å². The first kappa shape index (κ1) is 28.4. The van der Waals surface area contributed by atoms with E-state index in [4.69, 9.17) is 10.5 Å². The van der Waals surface area contributed by atoms with Crippen LogP contribution in [-0.2, 0) is 14.3 Å². The lowest BCUT2D eigenvalue weighted by atomic mass is 9.32. The molecule has 0 aliphatic heterocycles. The third-order valence-corrected chi connectivity index (χ3v) is 13.6. The normalized spacial score (nSPS) is 47.3. The van der Waals surface area contributed by atoms with Crippen LogP contribution >= 0.6 is 0 Å². The van der Waals surface area contributed by atoms with E-state index in [1.165, 1.54) is 5.57 Å². The Bertz CT molecular complexity index is 1140. The number of fused-ring (bicyclic) bond motifs is 7. The maximum atomic E-state index is 13.6. The number of esters is 1. The summed E-state index contributed by atoms with van der Waals surface area (Å²) in [6.07, 6.45) is 10.4. The fourth-order valence-corrected chi connectivity index (χ4v) is 11.8. The fourth-order valence-electron chi connectivity index (χ4n) is 11.8. The molecule has 0 bridgehead atoms. The van der Waals surface area contributed by atoms with Crippen molar-refractivity contribution in [2.24, 2.45) is 62.4 Å². The number of nitrogens with one attached hydrogen (secondary N) is 1. The van der Waals surface area contributed by atoms with Crippen molar-refractivity contribution in [1.29, 1.82) is 0 Å². The van der Waals surface area contributed by atoms with Crippen LogP contribution < -0.4 is 11.1 Å². The molecule has 5 rings (SSSR count). The fraction of sp³-hybridized carbons (Fsp3) is 0.788. The van der Waals surface area contributed by atoms with Crippen LogP contribution in [0, 0.1) is 56.7 Å². The third kappa shape index (κ3) is 3.61. The third-order valence-electron chi connectivity index (χ3n) is 13.6. The van der Waals surface area contributed by atoms with Gasteiger partial charge in [-0.15, -0.1) is 0 Å². The average Bonchev–Trinajstić information content (AvgIpc) is 3.26. The Balaban J connectivity index is 1.57. The zero-order chi connectivity index (χ0) is 28.8. The Morgan fingerprint density at radius 3 is 2.28 bits per heavy atom. The van der Waals surface area contributed by atoms with Crippen molar-refractivity contribution < 1.29 is 19.1 Å². The monoisotopic (exact) mass is 538 g/mol. The van der Waals surface area contributed by atoms with Gasteiger partial charge in [0.25, 0.3) is 0 Å². The van der Waals surface area contributed by atoms with Crippen molar-refractivity contribution in [2.75, 3.05) is 7.11 Å². The van der Waals surface area contributed by atoms with E-state index in [1.54, 1.807) is 13.3 Å². The summed E-state index contributed by atoms with van der Waals surface area (Å²) in [5.41, 5.74) is 6.51. The van der Waals surface area contributed by atoms with E-state index in [9.17, 15) is 14.4 Å². The minimum Gasteiger partial charge on any atom is -0.469 e. The van der Waals surface area contributed by atoms with Crippen LogP contribution in [0.1, 0.15) is 99.3 Å². The summed E-state index contributed by atoms with van der Waals surface area (Å²) >= 11 is 0. The molecule has 0 aromatic heterocycles. The molecule has 216 valence electrons. The number of ether oxygens (including phenoxy) is 1. The molecule has 39 heavy (non-hydrogen) atoms. The zero-order valence-electron chi connectivity index (χ0n) is 25.2. The maximum absolute atomic E-state index is 13.6. The van der Waals surface area contributed by atoms with Crippen LogP contribution in [0.5, 0.6) is 0 Å². The average molecular weight is 539 g/mol. The summed E-state index contributed by atoms with van der Waals surface area (Å²) < 4.78 is 5.49. The molecule has 3 N–H and O–H groups in total. The van der Waals surface area contributed by atoms with Crippen molar-refractivity contribution >= 4 is 17.8 Å². The number of Topliss-reactive ketones (excluding diaryl/α,β-unsaturated/α-hetero) is 1. The van der Waals surface area contributed by atoms with Crippen LogP contribution in [0.25, 0.3) is 0 Å². The number of ketones is 1. The Morgan fingerprint density at radius 2 is 1.67 bits per heavy atom. The molecule has 2 amide bonds. The van der Waals surface area contributed by atoms with Gasteiger partial charge in [-0.2, -0.15) is 0 Å². The highest BCUT2D eigenvalue weighted by Crippen LogP contribution is 2.77. The number of carbonyl (C=O) groups excluding carboxylic acids is 3. The van der Waals surface area contributed by atoms with Crippen molar-refractivity contribution in [3.63, 3.8) is 0 Å². The van der Waals surface area contributed by atoms with Crippen LogP contribution in [0.2, 0.25) is 0 Å². The van der Waals surface area contributed by atoms with E-state index in [1.807, 2.05) is 0 Å². The molecule has 0 aromatic carbocycles. The van der Waals surface area contributed by atoms with E-state index < -0.39 is 11.4 Å². The number of urea groups is 1. The van der Waals surface area contributed by atoms with Gasteiger partial charge >= 0.3 is 12.0 Å². The Labute approximate surface area is 234 Å². The van der Waals surface area contributed by atoms with Gasteiger partial charge < -0.3 is 15.8 Å². The predicted octanol–water partition coefficient (Wildman–Crippen LogP) is 6.55. The number of carbonyl (C=O) groups is 3. The largest absolute Gasteiger partial charge is 0.469 e. The summed E-state index contributed by atoms with van der Waals surface area (Å²) in [5, 5.41) is 2.60. The summed E-state index contributed by atoms with van der Waals surface area (Å²) in [5.74, 6) is 1.95. The lowest BCUT2D eigenvalue weighted by Crippen LogP contribution is -2.67. The molecule has 0 spiro atoms. The summed E-state index contributed by atoms with van der Waals surface area (Å²) in [6, 6.07) is -0.637. The number of nitrogens with two attached hydrogens (primary N) is 1. The van der Waals surface area contributed by atoms with E-state index in [0.717, 1.165) is 51.4 Å². The maximum Gasteiger partial charge on any atom is 0.316 e. The summed E-state index contributed by atoms with van der Waals surface area (Å²) in [6.45, 7) is 18.3. The molecule has 6 nitrogen and oxygen atoms in total. The summed E-state index contributed by atoms with van der Waals surface area (Å²) in [4.78, 5) is 38.6. The highest BCUT2D eigenvalue weighted by atomic mass is 16.5. The number of hydrogen-bond donors (Lipinski definition) is 2. The van der Waals surface area contributed by atoms with Gasteiger partial charge in [-0.3, -0.25) is 9.59 Å². The van der Waals surface area contributed by atoms with Gasteiger partial charge in [-0.1, -0.05) is 46.8 Å². The standard InChI is InChI=1S/C33H50N2O4/c1-19(2)21-11-14-33(27(37)39-8)16-15-31(6)22(25(21)33)9-10-24-30(5)17-20(18-35-28(34)38)26(36)29(3,4)23(30)12-13-32(24,31)7/h18,21-25H,1,9-17H2,2-8H3,(H3,34,35,38)/t21?,22?,23?,24?,25?,30-,31+,32+,33?/m0/s1. The first-order valence-corrected chi connectivity index (χ1v) is 15.1. The minimum atomic E-state index is -0.637. The molecule has 0 heterocycles. The molecule has 6 unspecified atom stereocenters. The molecule has 5 aliphatic rings. The van der Waals surface area contributed by atoms with Crippen LogP contribution in [-0.4, -0.2) is 24.9 Å². The van der Waals surface area contributed by atoms with Gasteiger partial charge in [-0.25, -0.2) is 4.79 Å². The second kappa shape index (κ2) is 8.94. The Morgan fingerprint density at radius 1 is 0.974 bits per heavy atom. The lowest BCUT2D eigenvalue weighted by Gasteiger charge is -2.72. The number of rotatable bonds is 3. The van der Waals surface area contributed by atoms with Crippen LogP contribution in [0.3, 0.4) is 0 Å². The highest BCUT2D eigenvalue weighted by molar-refractivity contribution is 6.01. The van der Waals surface area contributed by atoms with Crippen LogP contribution in [0.15, 0.2) is 23.9 Å². The number of methoxy groups -OCH3 is 1. The van der Waals surface area contributed by atoms with Gasteiger partial charge in [0.2, 0.25) is 0 Å². The van der Waals surface area contributed by atoms with Gasteiger partial charge in [0.05, 0.1) is 12.5 Å². The lowest BCUT2D eigenvalue weighted by molar-refractivity contribution is -0.232. The zero-order valence-corrected chi connectivity index (χ0v) is 25.2. The topological polar surface area (TPSA) is 98.5 Å². The summed E-state index contributed by atoms with van der Waals surface area (Å²) in [7, 11) is 1.56. The predicted molar refractivity (Wildman–Crippen MR) is 152 cm³/mol. The molecule has 5 fully saturated rings. The van der Waals surface area contributed by atoms with Crippen LogP contribution in [0.4, 0.5) is 4.79 Å². The van der Waals surface area contributed by atoms with Crippen molar-refractivity contribution in [3.8, 4) is 0 Å². The number of allylic oxidation sites excluding steroid dienone is 2. The van der Waals surface area contributed by atoms with Gasteiger partial charge in [0.1, 0.15) is 0 Å². The molecule has 5 aliphatic carbocycles. The van der Waals surface area contributed by atoms with E-state index in [-0.39, 0.29) is 45.2 Å². The molecule has 9 atom stereocenters. The quantitative estimate of drug-likeness (QED) is 0.242. The van der Waals surface area contributed by atoms with Gasteiger partial charge in [-0.05, 0) is 111 Å². The molecular weight excluding hydrogens is 488 g/mol. The molecule has 0 saturated heterocycles. The Hall–Kier alpha value is -2.11. The molecular formula is C33H50N2O4. The van der Waals surface area contributed by atoms with Gasteiger partial charge in [0.15, 0.2) is 5.78 Å². The second-order valence-corrected chi connectivity index (χ2v) is 15.2. The van der Waals surface area contributed by atoms with Crippen molar-refractivity contribution in [2.45, 2.75) is 99.3 Å². The first-order valence-electron chi connectivity index (χ1n) is 15.1. The van der Waals surface area contributed by atoms with E-state index in [2.05, 4.69) is 53.4 Å². The minimum absolute atomic E-state index is 0.00878. The Kier molecular flexibility index (Phi) is 6.52. The van der Waals surface area contributed by atoms with Gasteiger partial charge in [0, 0.05) is 17.2 Å². The molecule has 0 aromatic rings. The smallest absolute Gasteiger partial charge is 0.316 e.